The van der Waals surface area contributed by atoms with Crippen LogP contribution in [-0.2, 0) is 14.3 Å². The lowest BCUT2D eigenvalue weighted by molar-refractivity contribution is -0.143. The second-order valence-corrected chi connectivity index (χ2v) is 4.67. The summed E-state index contributed by atoms with van der Waals surface area (Å²) in [6.45, 7) is 1.07. The summed E-state index contributed by atoms with van der Waals surface area (Å²) >= 11 is 0. The fraction of sp³-hybridized carbons (Fsp3) is 0.500. The van der Waals surface area contributed by atoms with Crippen LogP contribution in [0.4, 0.5) is 8.78 Å². The summed E-state index contributed by atoms with van der Waals surface area (Å²) in [5.41, 5.74) is -0.0603. The summed E-state index contributed by atoms with van der Waals surface area (Å²) in [6, 6.07) is 1.96. The van der Waals surface area contributed by atoms with E-state index in [0.29, 0.717) is 13.2 Å². The van der Waals surface area contributed by atoms with E-state index in [1.165, 1.54) is 7.11 Å². The van der Waals surface area contributed by atoms with Crippen LogP contribution < -0.4 is 5.32 Å². The smallest absolute Gasteiger partial charge is 0.327 e. The second-order valence-electron chi connectivity index (χ2n) is 4.67. The second kappa shape index (κ2) is 6.76. The summed E-state index contributed by atoms with van der Waals surface area (Å²) < 4.78 is 37.1. The molecule has 0 aliphatic carbocycles. The van der Waals surface area contributed by atoms with Gasteiger partial charge < -0.3 is 9.47 Å². The first-order valence-corrected chi connectivity index (χ1v) is 6.49. The van der Waals surface area contributed by atoms with E-state index in [-0.39, 0.29) is 11.7 Å². The van der Waals surface area contributed by atoms with Gasteiger partial charge >= 0.3 is 5.97 Å². The Balaban J connectivity index is 2.13. The molecule has 20 heavy (non-hydrogen) atoms. The molecule has 110 valence electrons. The van der Waals surface area contributed by atoms with Crippen LogP contribution in [0.1, 0.15) is 24.4 Å². The molecule has 2 rings (SSSR count). The number of esters is 1. The van der Waals surface area contributed by atoms with E-state index >= 15 is 0 Å². The van der Waals surface area contributed by atoms with E-state index in [1.807, 2.05) is 0 Å². The number of benzene rings is 1. The molecule has 0 aromatic heterocycles. The molecule has 0 saturated carbocycles. The Morgan fingerprint density at radius 1 is 1.55 bits per heavy atom. The Bertz CT molecular complexity index is 475. The lowest BCUT2D eigenvalue weighted by Gasteiger charge is -2.19. The van der Waals surface area contributed by atoms with Crippen LogP contribution in [0.15, 0.2) is 18.2 Å². The number of nitrogens with one attached hydrogen (secondary N) is 1. The minimum absolute atomic E-state index is 0.0150. The minimum atomic E-state index is -1.04. The lowest BCUT2D eigenvalue weighted by Crippen LogP contribution is -2.35. The van der Waals surface area contributed by atoms with Crippen LogP contribution in [0.2, 0.25) is 0 Å². The molecular formula is C14H17F2NO3. The summed E-state index contributed by atoms with van der Waals surface area (Å²) in [5, 5.41) is 2.89. The van der Waals surface area contributed by atoms with Gasteiger partial charge in [0.1, 0.15) is 17.7 Å². The number of methoxy groups -OCH3 is 1. The maximum atomic E-state index is 13.8. The predicted octanol–water partition coefficient (Wildman–Crippen LogP) is 1.95. The summed E-state index contributed by atoms with van der Waals surface area (Å²) in [6.07, 6.45) is 1.83. The molecule has 1 aromatic rings. The first-order valence-electron chi connectivity index (χ1n) is 6.49. The molecule has 1 fully saturated rings. The zero-order valence-electron chi connectivity index (χ0n) is 11.2. The highest BCUT2D eigenvalue weighted by molar-refractivity contribution is 5.77. The van der Waals surface area contributed by atoms with Gasteiger partial charge in [0, 0.05) is 18.7 Å². The van der Waals surface area contributed by atoms with Crippen LogP contribution in [-0.4, -0.2) is 32.3 Å². The topological polar surface area (TPSA) is 47.6 Å². The molecule has 1 N–H and O–H groups in total. The van der Waals surface area contributed by atoms with Crippen LogP contribution in [0.25, 0.3) is 0 Å². The lowest BCUT2D eigenvalue weighted by atomic mass is 10.1. The van der Waals surface area contributed by atoms with Crippen LogP contribution in [0.3, 0.4) is 0 Å². The monoisotopic (exact) mass is 285 g/mol. The van der Waals surface area contributed by atoms with Gasteiger partial charge in [-0.15, -0.1) is 0 Å². The molecule has 0 radical (unpaired) electrons. The van der Waals surface area contributed by atoms with Crippen molar-refractivity contribution >= 4 is 5.97 Å². The quantitative estimate of drug-likeness (QED) is 0.840. The zero-order chi connectivity index (χ0) is 14.5. The highest BCUT2D eigenvalue weighted by Crippen LogP contribution is 2.21. The molecule has 6 heteroatoms. The van der Waals surface area contributed by atoms with Crippen molar-refractivity contribution in [3.63, 3.8) is 0 Å². The average molecular weight is 285 g/mol. The minimum Gasteiger partial charge on any atom is -0.468 e. The molecule has 0 amide bonds. The zero-order valence-corrected chi connectivity index (χ0v) is 11.2. The van der Waals surface area contributed by atoms with Crippen LogP contribution in [0, 0.1) is 11.6 Å². The summed E-state index contributed by atoms with van der Waals surface area (Å²) in [4.78, 5) is 11.8. The van der Waals surface area contributed by atoms with Crippen molar-refractivity contribution in [2.75, 3.05) is 20.3 Å². The maximum Gasteiger partial charge on any atom is 0.327 e. The number of hydrogen-bond donors (Lipinski definition) is 1. The van der Waals surface area contributed by atoms with Gasteiger partial charge in [0.05, 0.1) is 13.2 Å². The fourth-order valence-corrected chi connectivity index (χ4v) is 2.23. The molecule has 2 atom stereocenters. The van der Waals surface area contributed by atoms with Crippen LogP contribution >= 0.6 is 0 Å². The van der Waals surface area contributed by atoms with Crippen molar-refractivity contribution in [1.29, 1.82) is 0 Å². The Morgan fingerprint density at radius 2 is 2.35 bits per heavy atom. The molecule has 1 aliphatic rings. The standard InChI is InChI=1S/C14H17F2NO3/c1-19-14(18)13(17-8-10-3-2-6-20-10)11-7-9(15)4-5-12(11)16/h4-5,7,10,13,17H,2-3,6,8H2,1H3. The first-order chi connectivity index (χ1) is 9.61. The van der Waals surface area contributed by atoms with E-state index in [9.17, 15) is 13.6 Å². The molecule has 0 bridgehead atoms. The van der Waals surface area contributed by atoms with Crippen molar-refractivity contribution in [3.8, 4) is 0 Å². The van der Waals surface area contributed by atoms with Gasteiger partial charge in [0.2, 0.25) is 0 Å². The maximum absolute atomic E-state index is 13.8. The molecule has 2 unspecified atom stereocenters. The van der Waals surface area contributed by atoms with Gasteiger partial charge in [-0.1, -0.05) is 0 Å². The number of carbonyl (C=O) groups excluding carboxylic acids is 1. The third kappa shape index (κ3) is 3.52. The average Bonchev–Trinajstić information content (AvgIpc) is 2.95. The third-order valence-electron chi connectivity index (χ3n) is 3.28. The highest BCUT2D eigenvalue weighted by Gasteiger charge is 2.26. The molecule has 1 saturated heterocycles. The fourth-order valence-electron chi connectivity index (χ4n) is 2.23. The summed E-state index contributed by atoms with van der Waals surface area (Å²) in [5.74, 6) is -1.91. The van der Waals surface area contributed by atoms with Crippen molar-refractivity contribution in [1.82, 2.24) is 5.32 Å². The van der Waals surface area contributed by atoms with Crippen molar-refractivity contribution in [2.45, 2.75) is 25.0 Å². The Hall–Kier alpha value is -1.53. The molecule has 1 aliphatic heterocycles. The largest absolute Gasteiger partial charge is 0.468 e. The molecule has 1 aromatic carbocycles. The number of hydrogen-bond acceptors (Lipinski definition) is 4. The van der Waals surface area contributed by atoms with Crippen molar-refractivity contribution < 1.29 is 23.0 Å². The number of carbonyl (C=O) groups is 1. The van der Waals surface area contributed by atoms with Crippen molar-refractivity contribution in [2.24, 2.45) is 0 Å². The third-order valence-corrected chi connectivity index (χ3v) is 3.28. The first kappa shape index (κ1) is 14.9. The van der Waals surface area contributed by atoms with Gasteiger partial charge in [-0.2, -0.15) is 0 Å². The number of ether oxygens (including phenoxy) is 2. The predicted molar refractivity (Wildman–Crippen MR) is 68.1 cm³/mol. The van der Waals surface area contributed by atoms with E-state index in [4.69, 9.17) is 4.74 Å². The van der Waals surface area contributed by atoms with Crippen LogP contribution in [0.5, 0.6) is 0 Å². The van der Waals surface area contributed by atoms with E-state index < -0.39 is 23.6 Å². The van der Waals surface area contributed by atoms with Gasteiger partial charge in [-0.05, 0) is 31.0 Å². The van der Waals surface area contributed by atoms with Crippen molar-refractivity contribution in [3.05, 3.63) is 35.4 Å². The summed E-state index contributed by atoms with van der Waals surface area (Å²) in [7, 11) is 1.21. The van der Waals surface area contributed by atoms with Gasteiger partial charge in [0.25, 0.3) is 0 Å². The highest BCUT2D eigenvalue weighted by atomic mass is 19.1. The normalized spacial score (nSPS) is 19.9. The van der Waals surface area contributed by atoms with E-state index in [2.05, 4.69) is 10.1 Å². The number of rotatable bonds is 5. The SMILES string of the molecule is COC(=O)C(NCC1CCCO1)c1cc(F)ccc1F. The van der Waals surface area contributed by atoms with Gasteiger partial charge in [-0.3, -0.25) is 5.32 Å². The molecule has 0 spiro atoms. The van der Waals surface area contributed by atoms with E-state index in [0.717, 1.165) is 31.0 Å². The van der Waals surface area contributed by atoms with Gasteiger partial charge in [0.15, 0.2) is 0 Å². The Kier molecular flexibility index (Phi) is 5.03. The number of halogens is 2. The van der Waals surface area contributed by atoms with E-state index in [1.54, 1.807) is 0 Å². The molecular weight excluding hydrogens is 268 g/mol. The molecule has 4 nitrogen and oxygen atoms in total. The Morgan fingerprint density at radius 3 is 3.00 bits per heavy atom. The van der Waals surface area contributed by atoms with Gasteiger partial charge in [-0.25, -0.2) is 13.6 Å². The molecule has 1 heterocycles. The Labute approximate surface area is 116 Å².